The topological polar surface area (TPSA) is 30.9 Å². The maximum absolute atomic E-state index is 4.10. The van der Waals surface area contributed by atoms with Crippen molar-refractivity contribution in [2.75, 3.05) is 10.1 Å². The number of nitrogens with one attached hydrogen (secondary N) is 1. The summed E-state index contributed by atoms with van der Waals surface area (Å²) in [4.78, 5) is 0. The molecule has 0 radical (unpaired) electrons. The van der Waals surface area contributed by atoms with Crippen molar-refractivity contribution < 1.29 is 0 Å². The number of rotatable bonds is 2. The van der Waals surface area contributed by atoms with Crippen LogP contribution in [0.5, 0.6) is 0 Å². The Morgan fingerprint density at radius 3 is 2.33 bits per heavy atom. The molecule has 3 rings (SSSR count). The number of anilines is 2. The van der Waals surface area contributed by atoms with Crippen LogP contribution >= 0.6 is 0 Å². The van der Waals surface area contributed by atoms with Crippen LogP contribution in [0.1, 0.15) is 5.56 Å². The molecule has 2 aromatic rings. The van der Waals surface area contributed by atoms with Crippen molar-refractivity contribution in [1.29, 1.82) is 0 Å². The van der Waals surface area contributed by atoms with E-state index in [-0.39, 0.29) is 0 Å². The molecule has 1 aliphatic heterocycles. The van der Waals surface area contributed by atoms with Gasteiger partial charge < -0.3 is 0 Å². The number of nitrogens with zero attached hydrogens (tertiary/aromatic N) is 3. The van der Waals surface area contributed by atoms with Crippen molar-refractivity contribution in [3.05, 3.63) is 60.2 Å². The molecule has 2 aromatic carbocycles. The van der Waals surface area contributed by atoms with Gasteiger partial charge in [0.15, 0.2) is 0 Å². The Balaban J connectivity index is 1.91. The number of hydrogen-bond acceptors (Lipinski definition) is 4. The molecule has 0 amide bonds. The van der Waals surface area contributed by atoms with Gasteiger partial charge >= 0.3 is 0 Å². The van der Waals surface area contributed by atoms with E-state index in [9.17, 15) is 0 Å². The molecule has 0 aromatic heterocycles. The molecule has 0 atom stereocenters. The van der Waals surface area contributed by atoms with Crippen LogP contribution in [0, 0.1) is 6.92 Å². The van der Waals surface area contributed by atoms with Crippen LogP contribution < -0.4 is 15.7 Å². The lowest BCUT2D eigenvalue weighted by Crippen LogP contribution is -2.43. The number of benzene rings is 2. The van der Waals surface area contributed by atoms with Gasteiger partial charge in [0.05, 0.1) is 11.4 Å². The molecular weight excluding hydrogens is 224 g/mol. The lowest BCUT2D eigenvalue weighted by Gasteiger charge is -2.28. The summed E-state index contributed by atoms with van der Waals surface area (Å²) in [5, 5.41) is 7.96. The Hall–Kier alpha value is -2.49. The van der Waals surface area contributed by atoms with Crippen LogP contribution in [-0.2, 0) is 0 Å². The van der Waals surface area contributed by atoms with Gasteiger partial charge in [-0.25, -0.2) is 5.01 Å². The molecule has 4 heteroatoms. The molecule has 1 aliphatic rings. The van der Waals surface area contributed by atoms with Crippen molar-refractivity contribution in [1.82, 2.24) is 5.53 Å². The third kappa shape index (κ3) is 1.88. The molecule has 1 heterocycles. The number of aryl methyl sites for hydroxylation is 1. The largest absolute Gasteiger partial charge is 0.221 e. The average molecular weight is 238 g/mol. The first kappa shape index (κ1) is 10.7. The number of hydrazine groups is 2. The Morgan fingerprint density at radius 1 is 0.889 bits per heavy atom. The van der Waals surface area contributed by atoms with Gasteiger partial charge in [-0.15, -0.1) is 5.10 Å². The second kappa shape index (κ2) is 4.41. The number of hydrazone groups is 1. The minimum absolute atomic E-state index is 1.04. The lowest BCUT2D eigenvalue weighted by molar-refractivity contribution is 0.723. The van der Waals surface area contributed by atoms with E-state index in [1.165, 1.54) is 5.56 Å². The van der Waals surface area contributed by atoms with Crippen molar-refractivity contribution in [3.8, 4) is 0 Å². The van der Waals surface area contributed by atoms with E-state index >= 15 is 0 Å². The van der Waals surface area contributed by atoms with Crippen LogP contribution in [0.4, 0.5) is 11.4 Å². The van der Waals surface area contributed by atoms with Crippen LogP contribution in [-0.4, -0.2) is 6.34 Å². The van der Waals surface area contributed by atoms with Gasteiger partial charge in [0, 0.05) is 0 Å². The zero-order valence-corrected chi connectivity index (χ0v) is 10.1. The highest BCUT2D eigenvalue weighted by molar-refractivity contribution is 5.84. The van der Waals surface area contributed by atoms with Crippen LogP contribution in [0.2, 0.25) is 0 Å². The molecule has 0 aliphatic carbocycles. The monoisotopic (exact) mass is 238 g/mol. The Kier molecular flexibility index (Phi) is 2.61. The van der Waals surface area contributed by atoms with Crippen LogP contribution in [0.15, 0.2) is 59.7 Å². The summed E-state index contributed by atoms with van der Waals surface area (Å²) in [7, 11) is 0. The third-order valence-electron chi connectivity index (χ3n) is 2.83. The summed E-state index contributed by atoms with van der Waals surface area (Å²) < 4.78 is 0. The van der Waals surface area contributed by atoms with Crippen molar-refractivity contribution in [2.24, 2.45) is 5.10 Å². The summed E-state index contributed by atoms with van der Waals surface area (Å²) in [6, 6.07) is 18.4. The van der Waals surface area contributed by atoms with Crippen molar-refractivity contribution >= 4 is 17.7 Å². The summed E-state index contributed by atoms with van der Waals surface area (Å²) >= 11 is 0. The molecule has 0 spiro atoms. The standard InChI is InChI=1S/C14H14N4/c1-12-7-9-14(10-8-12)18-16-15-11-17(18)13-5-3-2-4-6-13/h2-11,16H,1H3. The zero-order chi connectivity index (χ0) is 12.4. The first-order chi connectivity index (χ1) is 8.84. The highest BCUT2D eigenvalue weighted by Crippen LogP contribution is 2.22. The predicted octanol–water partition coefficient (Wildman–Crippen LogP) is 2.68. The maximum Gasteiger partial charge on any atom is 0.139 e. The Bertz CT molecular complexity index is 548. The van der Waals surface area contributed by atoms with Crippen LogP contribution in [0.25, 0.3) is 0 Å². The van der Waals surface area contributed by atoms with E-state index in [2.05, 4.69) is 41.8 Å². The maximum atomic E-state index is 4.10. The third-order valence-corrected chi connectivity index (χ3v) is 2.83. The number of hydrogen-bond donors (Lipinski definition) is 1. The first-order valence-electron chi connectivity index (χ1n) is 5.84. The van der Waals surface area contributed by atoms with Gasteiger partial charge in [-0.1, -0.05) is 35.9 Å². The van der Waals surface area contributed by atoms with Gasteiger partial charge in [0.25, 0.3) is 0 Å². The van der Waals surface area contributed by atoms with Gasteiger partial charge in [-0.3, -0.25) is 0 Å². The predicted molar refractivity (Wildman–Crippen MR) is 74.2 cm³/mol. The smallest absolute Gasteiger partial charge is 0.139 e. The molecular formula is C14H14N4. The van der Waals surface area contributed by atoms with E-state index in [0.29, 0.717) is 0 Å². The normalized spacial score (nSPS) is 13.8. The minimum atomic E-state index is 1.04. The molecule has 4 nitrogen and oxygen atoms in total. The molecule has 90 valence electrons. The van der Waals surface area contributed by atoms with Gasteiger partial charge in [-0.05, 0) is 31.2 Å². The van der Waals surface area contributed by atoms with Gasteiger partial charge in [0.1, 0.15) is 6.34 Å². The van der Waals surface area contributed by atoms with E-state index in [1.807, 2.05) is 40.5 Å². The average Bonchev–Trinajstić information content (AvgIpc) is 2.90. The van der Waals surface area contributed by atoms with Gasteiger partial charge in [0.2, 0.25) is 0 Å². The molecule has 0 saturated carbocycles. The van der Waals surface area contributed by atoms with Crippen molar-refractivity contribution in [2.45, 2.75) is 6.92 Å². The molecule has 0 saturated heterocycles. The summed E-state index contributed by atoms with van der Waals surface area (Å²) in [5.74, 6) is 0. The molecule has 18 heavy (non-hydrogen) atoms. The molecule has 0 fully saturated rings. The Labute approximate surface area is 106 Å². The van der Waals surface area contributed by atoms with E-state index in [0.717, 1.165) is 11.4 Å². The number of para-hydroxylation sites is 1. The quantitative estimate of drug-likeness (QED) is 0.872. The SMILES string of the molecule is Cc1ccc(N2NN=CN2c2ccccc2)cc1. The zero-order valence-electron chi connectivity index (χ0n) is 10.1. The molecule has 1 N–H and O–H groups in total. The van der Waals surface area contributed by atoms with E-state index in [4.69, 9.17) is 0 Å². The molecule has 0 unspecified atom stereocenters. The highest BCUT2D eigenvalue weighted by Gasteiger charge is 2.19. The van der Waals surface area contributed by atoms with E-state index in [1.54, 1.807) is 6.34 Å². The Morgan fingerprint density at radius 2 is 1.61 bits per heavy atom. The second-order valence-electron chi connectivity index (χ2n) is 4.17. The lowest BCUT2D eigenvalue weighted by atomic mass is 10.2. The van der Waals surface area contributed by atoms with Crippen LogP contribution in [0.3, 0.4) is 0 Å². The summed E-state index contributed by atoms with van der Waals surface area (Å²) in [6.45, 7) is 2.08. The highest BCUT2D eigenvalue weighted by atomic mass is 15.9. The summed E-state index contributed by atoms with van der Waals surface area (Å²) in [6.07, 6.45) is 1.76. The van der Waals surface area contributed by atoms with Gasteiger partial charge in [-0.2, -0.15) is 10.7 Å². The molecule has 0 bridgehead atoms. The van der Waals surface area contributed by atoms with Crippen molar-refractivity contribution in [3.63, 3.8) is 0 Å². The fraction of sp³-hybridized carbons (Fsp3) is 0.0714. The minimum Gasteiger partial charge on any atom is -0.221 e. The fourth-order valence-electron chi connectivity index (χ4n) is 1.87. The second-order valence-corrected chi connectivity index (χ2v) is 4.17. The van der Waals surface area contributed by atoms with E-state index < -0.39 is 0 Å². The first-order valence-corrected chi connectivity index (χ1v) is 5.84. The summed E-state index contributed by atoms with van der Waals surface area (Å²) in [5.41, 5.74) is 6.32. The fourth-order valence-corrected chi connectivity index (χ4v) is 1.87.